The number of nitrogens with zero attached hydrogens (tertiary/aromatic N) is 2. The number of ketones is 1. The van der Waals surface area contributed by atoms with Gasteiger partial charge in [-0.2, -0.15) is 0 Å². The number of para-hydroxylation sites is 2. The molecule has 2 heterocycles. The van der Waals surface area contributed by atoms with Crippen LogP contribution in [-0.4, -0.2) is 21.7 Å². The number of guanidine groups is 1. The summed E-state index contributed by atoms with van der Waals surface area (Å²) >= 11 is 1.51. The zero-order chi connectivity index (χ0) is 22.5. The van der Waals surface area contributed by atoms with Crippen molar-refractivity contribution in [3.05, 3.63) is 76.0 Å². The molecule has 0 saturated heterocycles. The number of carbonyl (C=O) groups excluding carboxylic acids is 1. The lowest BCUT2D eigenvalue weighted by Crippen LogP contribution is -2.84. The molecule has 2 aromatic carbocycles. The van der Waals surface area contributed by atoms with E-state index in [9.17, 15) is 14.9 Å². The maximum absolute atomic E-state index is 13.2. The molecule has 8 nitrogen and oxygen atoms in total. The number of nitrogens with one attached hydrogen (secondary N) is 3. The minimum absolute atomic E-state index is 0.0109. The van der Waals surface area contributed by atoms with Crippen LogP contribution in [0.4, 0.5) is 10.8 Å². The first-order valence-electron chi connectivity index (χ1n) is 10.3. The monoisotopic (exact) mass is 448 g/mol. The molecular formula is C23H22N5O3S+. The van der Waals surface area contributed by atoms with E-state index in [0.717, 1.165) is 15.9 Å². The van der Waals surface area contributed by atoms with Gasteiger partial charge in [0.25, 0.3) is 10.8 Å². The van der Waals surface area contributed by atoms with Crippen molar-refractivity contribution in [2.24, 2.45) is 11.3 Å². The Balaban J connectivity index is 1.60. The number of allylic oxidation sites excluding steroid dienone is 1. The van der Waals surface area contributed by atoms with E-state index in [-0.39, 0.29) is 16.9 Å². The quantitative estimate of drug-likeness (QED) is 0.420. The lowest BCUT2D eigenvalue weighted by Gasteiger charge is -2.35. The van der Waals surface area contributed by atoms with Crippen LogP contribution in [0.1, 0.15) is 31.9 Å². The number of thiazole rings is 1. The van der Waals surface area contributed by atoms with Gasteiger partial charge in [0.05, 0.1) is 26.4 Å². The van der Waals surface area contributed by atoms with Gasteiger partial charge in [-0.15, -0.1) is 0 Å². The second kappa shape index (κ2) is 7.52. The predicted molar refractivity (Wildman–Crippen MR) is 123 cm³/mol. The number of nitro benzene ring substituents is 1. The minimum Gasteiger partial charge on any atom is -0.299 e. The number of aromatic nitrogens is 1. The van der Waals surface area contributed by atoms with Crippen molar-refractivity contribution in [2.45, 2.75) is 26.3 Å². The molecule has 0 bridgehead atoms. The fraction of sp³-hybridized carbons (Fsp3) is 0.261. The number of nitro groups is 1. The van der Waals surface area contributed by atoms with Crippen LogP contribution >= 0.6 is 11.3 Å². The van der Waals surface area contributed by atoms with Crippen LogP contribution in [0.3, 0.4) is 0 Å². The molecule has 3 N–H and O–H groups in total. The smallest absolute Gasteiger partial charge is 0.299 e. The number of anilines is 1. The Morgan fingerprint density at radius 2 is 1.97 bits per heavy atom. The number of benzene rings is 2. The van der Waals surface area contributed by atoms with E-state index in [1.54, 1.807) is 18.2 Å². The number of hydrogen-bond acceptors (Lipinski definition) is 7. The maximum atomic E-state index is 13.2. The number of carbonyl (C=O) groups is 1. The van der Waals surface area contributed by atoms with E-state index in [2.05, 4.69) is 26.7 Å². The second-order valence-corrected chi connectivity index (χ2v) is 9.79. The molecule has 5 rings (SSSR count). The summed E-state index contributed by atoms with van der Waals surface area (Å²) in [6.07, 6.45) is 2.43. The van der Waals surface area contributed by atoms with Gasteiger partial charge in [-0.05, 0) is 29.7 Å². The van der Waals surface area contributed by atoms with Crippen molar-refractivity contribution < 1.29 is 14.7 Å². The van der Waals surface area contributed by atoms with Crippen molar-refractivity contribution in [1.82, 2.24) is 10.3 Å². The van der Waals surface area contributed by atoms with Gasteiger partial charge < -0.3 is 0 Å². The molecule has 0 saturated carbocycles. The zero-order valence-electron chi connectivity index (χ0n) is 17.6. The van der Waals surface area contributed by atoms with Crippen LogP contribution in [0.25, 0.3) is 10.2 Å². The Hall–Kier alpha value is -3.59. The van der Waals surface area contributed by atoms with E-state index >= 15 is 0 Å². The molecule has 3 aromatic rings. The fourth-order valence-corrected chi connectivity index (χ4v) is 5.34. The van der Waals surface area contributed by atoms with Gasteiger partial charge in [-0.25, -0.2) is 15.6 Å². The van der Waals surface area contributed by atoms with Crippen molar-refractivity contribution in [2.75, 3.05) is 5.32 Å². The molecule has 0 radical (unpaired) electrons. The average Bonchev–Trinajstić information content (AvgIpc) is 3.14. The van der Waals surface area contributed by atoms with Crippen LogP contribution in [0, 0.1) is 21.4 Å². The largest absolute Gasteiger partial charge is 0.355 e. The number of hydrogen-bond donors (Lipinski definition) is 3. The van der Waals surface area contributed by atoms with E-state index in [1.807, 2.05) is 38.1 Å². The molecule has 9 heteroatoms. The van der Waals surface area contributed by atoms with Gasteiger partial charge in [-0.3, -0.25) is 19.9 Å². The normalized spacial score (nSPS) is 21.9. The molecule has 0 amide bonds. The van der Waals surface area contributed by atoms with Crippen molar-refractivity contribution in [3.63, 3.8) is 0 Å². The van der Waals surface area contributed by atoms with E-state index in [4.69, 9.17) is 0 Å². The van der Waals surface area contributed by atoms with Crippen LogP contribution in [0.5, 0.6) is 0 Å². The number of Topliss-reactive ketones (excluding diaryl/α,β-unsaturated/α-hetero) is 1. The first kappa shape index (κ1) is 20.3. The summed E-state index contributed by atoms with van der Waals surface area (Å²) in [7, 11) is 0. The number of fused-ring (bicyclic) bond motifs is 2. The highest BCUT2D eigenvalue weighted by atomic mass is 32.1. The van der Waals surface area contributed by atoms with Gasteiger partial charge in [0.2, 0.25) is 0 Å². The lowest BCUT2D eigenvalue weighted by atomic mass is 9.72. The van der Waals surface area contributed by atoms with E-state index in [1.165, 1.54) is 17.4 Å². The highest BCUT2D eigenvalue weighted by Crippen LogP contribution is 2.40. The molecular weight excluding hydrogens is 426 g/mol. The molecule has 2 atom stereocenters. The SMILES string of the molecule is CC1(C)C=C2NC(Nc3nc4ccccc4s3)=[NH+][C@H](c3ccccc3[N+](=O)[O-])[C@H]2C(=O)C1. The van der Waals surface area contributed by atoms with Gasteiger partial charge in [0.15, 0.2) is 0 Å². The average molecular weight is 449 g/mol. The topological polar surface area (TPSA) is 111 Å². The molecule has 1 aliphatic carbocycles. The molecule has 0 fully saturated rings. The van der Waals surface area contributed by atoms with Crippen LogP contribution < -0.4 is 15.6 Å². The first-order chi connectivity index (χ1) is 15.3. The predicted octanol–water partition coefficient (Wildman–Crippen LogP) is 2.90. The van der Waals surface area contributed by atoms with Crippen molar-refractivity contribution >= 4 is 44.1 Å². The van der Waals surface area contributed by atoms with Gasteiger partial charge in [0.1, 0.15) is 17.7 Å². The second-order valence-electron chi connectivity index (χ2n) is 8.76. The summed E-state index contributed by atoms with van der Waals surface area (Å²) in [6, 6.07) is 13.8. The molecule has 0 spiro atoms. The molecule has 1 aliphatic heterocycles. The van der Waals surface area contributed by atoms with Gasteiger partial charge in [-0.1, -0.05) is 49.4 Å². The molecule has 2 aliphatic rings. The molecule has 32 heavy (non-hydrogen) atoms. The molecule has 162 valence electrons. The highest BCUT2D eigenvalue weighted by Gasteiger charge is 2.46. The summed E-state index contributed by atoms with van der Waals surface area (Å²) in [4.78, 5) is 32.4. The maximum Gasteiger partial charge on any atom is 0.355 e. The van der Waals surface area contributed by atoms with Crippen molar-refractivity contribution in [1.29, 1.82) is 0 Å². The molecule has 0 unspecified atom stereocenters. The summed E-state index contributed by atoms with van der Waals surface area (Å²) in [5, 5.41) is 19.0. The van der Waals surface area contributed by atoms with Crippen LogP contribution in [0.2, 0.25) is 0 Å². The first-order valence-corrected chi connectivity index (χ1v) is 11.1. The number of rotatable bonds is 3. The Bertz CT molecular complexity index is 1280. The highest BCUT2D eigenvalue weighted by molar-refractivity contribution is 7.22. The Labute approximate surface area is 188 Å². The lowest BCUT2D eigenvalue weighted by molar-refractivity contribution is -0.524. The summed E-state index contributed by atoms with van der Waals surface area (Å²) in [6.45, 7) is 4.02. The van der Waals surface area contributed by atoms with E-state index < -0.39 is 16.9 Å². The van der Waals surface area contributed by atoms with Crippen LogP contribution in [-0.2, 0) is 4.79 Å². The van der Waals surface area contributed by atoms with Gasteiger partial charge in [0, 0.05) is 12.5 Å². The van der Waals surface area contributed by atoms with Gasteiger partial charge >= 0.3 is 5.96 Å². The Kier molecular flexibility index (Phi) is 4.78. The third kappa shape index (κ3) is 3.64. The zero-order valence-corrected chi connectivity index (χ0v) is 18.4. The van der Waals surface area contributed by atoms with E-state index in [0.29, 0.717) is 23.1 Å². The third-order valence-electron chi connectivity index (χ3n) is 5.75. The summed E-state index contributed by atoms with van der Waals surface area (Å²) < 4.78 is 1.05. The van der Waals surface area contributed by atoms with Crippen molar-refractivity contribution in [3.8, 4) is 0 Å². The minimum atomic E-state index is -0.579. The Morgan fingerprint density at radius 3 is 2.75 bits per heavy atom. The van der Waals surface area contributed by atoms with Crippen LogP contribution in [0.15, 0.2) is 60.3 Å². The molecule has 1 aromatic heterocycles. The fourth-order valence-electron chi connectivity index (χ4n) is 4.47. The standard InChI is InChI=1S/C23H21N5O3S/c1-23(2)11-15-19(17(29)12-23)20(13-7-3-5-9-16(13)28(30)31)26-21(24-15)27-22-25-14-8-4-6-10-18(14)32-22/h3-11,19-20H,12H2,1-2H3,(H2,24,25,26,27)/p+1/t19-,20-/m1/s1. The Morgan fingerprint density at radius 1 is 1.22 bits per heavy atom. The summed E-state index contributed by atoms with van der Waals surface area (Å²) in [5.41, 5.74) is 1.80. The third-order valence-corrected chi connectivity index (χ3v) is 6.71. The summed E-state index contributed by atoms with van der Waals surface area (Å²) in [5.74, 6) is 0.0555.